The predicted octanol–water partition coefficient (Wildman–Crippen LogP) is 3.19. The van der Waals surface area contributed by atoms with Gasteiger partial charge in [0.25, 0.3) is 0 Å². The van der Waals surface area contributed by atoms with E-state index >= 15 is 0 Å². The summed E-state index contributed by atoms with van der Waals surface area (Å²) in [4.78, 5) is 4.43. The molecule has 0 saturated heterocycles. The van der Waals surface area contributed by atoms with Crippen LogP contribution in [0.2, 0.25) is 0 Å². The van der Waals surface area contributed by atoms with Gasteiger partial charge in [0.05, 0.1) is 23.4 Å². The fraction of sp³-hybridized carbons (Fsp3) is 0.450. The maximum Gasteiger partial charge on any atom is 0.192 e. The molecular weight excluding hydrogens is 342 g/mol. The van der Waals surface area contributed by atoms with Crippen molar-refractivity contribution in [3.8, 4) is 18.2 Å². The van der Waals surface area contributed by atoms with Crippen molar-refractivity contribution in [3.63, 3.8) is 0 Å². The van der Waals surface area contributed by atoms with Gasteiger partial charge in [0.2, 0.25) is 0 Å². The molecule has 0 aromatic carbocycles. The Hall–Kier alpha value is -2.59. The number of nitriles is 3. The molecule has 1 aromatic heterocycles. The lowest BCUT2D eigenvalue weighted by molar-refractivity contribution is 0.209. The molecule has 0 saturated carbocycles. The summed E-state index contributed by atoms with van der Waals surface area (Å²) in [6.45, 7) is 6.58. The van der Waals surface area contributed by atoms with E-state index in [4.69, 9.17) is 5.73 Å². The van der Waals surface area contributed by atoms with Gasteiger partial charge in [0.15, 0.2) is 5.41 Å². The zero-order valence-corrected chi connectivity index (χ0v) is 15.8. The maximum atomic E-state index is 10.00. The fourth-order valence-electron chi connectivity index (χ4n) is 4.16. The first-order chi connectivity index (χ1) is 12.5. The van der Waals surface area contributed by atoms with Crippen molar-refractivity contribution < 1.29 is 0 Å². The molecule has 1 aliphatic heterocycles. The van der Waals surface area contributed by atoms with Crippen molar-refractivity contribution in [2.24, 2.45) is 17.1 Å². The molecule has 0 amide bonds. The molecule has 0 radical (unpaired) electrons. The lowest BCUT2D eigenvalue weighted by Crippen LogP contribution is -2.47. The number of aryl methyl sites for hydroxylation is 1. The van der Waals surface area contributed by atoms with Crippen LogP contribution < -0.4 is 5.73 Å². The molecule has 6 heteroatoms. The number of hydrogen-bond donors (Lipinski definition) is 1. The summed E-state index contributed by atoms with van der Waals surface area (Å²) in [6, 6.07) is 10.5. The molecular formula is C20H21N5S. The van der Waals surface area contributed by atoms with Gasteiger partial charge in [-0.15, -0.1) is 11.3 Å². The Morgan fingerprint density at radius 1 is 1.31 bits per heavy atom. The van der Waals surface area contributed by atoms with E-state index in [0.29, 0.717) is 5.57 Å². The molecule has 1 aliphatic carbocycles. The van der Waals surface area contributed by atoms with Crippen molar-refractivity contribution in [3.05, 3.63) is 44.8 Å². The second-order valence-corrected chi connectivity index (χ2v) is 8.20. The first-order valence-corrected chi connectivity index (χ1v) is 9.56. The van der Waals surface area contributed by atoms with Crippen molar-refractivity contribution in [1.82, 2.24) is 4.90 Å². The van der Waals surface area contributed by atoms with E-state index in [1.165, 1.54) is 0 Å². The highest BCUT2D eigenvalue weighted by Gasteiger charge is 2.54. The summed E-state index contributed by atoms with van der Waals surface area (Å²) in [5.74, 6) is -0.450. The zero-order valence-electron chi connectivity index (χ0n) is 15.0. The molecule has 2 N–H and O–H groups in total. The van der Waals surface area contributed by atoms with Crippen LogP contribution in [0.15, 0.2) is 35.1 Å². The van der Waals surface area contributed by atoms with Gasteiger partial charge in [-0.1, -0.05) is 13.0 Å². The third-order valence-electron chi connectivity index (χ3n) is 5.35. The Labute approximate surface area is 158 Å². The maximum absolute atomic E-state index is 10.00. The number of nitrogens with two attached hydrogens (primary N) is 1. The average Bonchev–Trinajstić information content (AvgIpc) is 3.07. The molecule has 2 unspecified atom stereocenters. The third kappa shape index (κ3) is 2.61. The van der Waals surface area contributed by atoms with E-state index in [1.807, 2.05) is 19.1 Å². The Kier molecular flexibility index (Phi) is 4.88. The molecule has 5 nitrogen and oxygen atoms in total. The summed E-state index contributed by atoms with van der Waals surface area (Å²) in [7, 11) is 0. The lowest BCUT2D eigenvalue weighted by Gasteiger charge is -2.45. The number of rotatable bonds is 3. The van der Waals surface area contributed by atoms with Crippen molar-refractivity contribution in [1.29, 1.82) is 15.8 Å². The second-order valence-electron chi connectivity index (χ2n) is 6.88. The van der Waals surface area contributed by atoms with Crippen LogP contribution in [0.5, 0.6) is 0 Å². The van der Waals surface area contributed by atoms with Gasteiger partial charge in [-0.25, -0.2) is 0 Å². The fourth-order valence-corrected chi connectivity index (χ4v) is 5.28. The highest BCUT2D eigenvalue weighted by molar-refractivity contribution is 7.12. The monoisotopic (exact) mass is 363 g/mol. The SMILES string of the molecule is CCCN1CC=C2C(C#N)=C(N)C(C#N)(C#N)C(c3ccc(C)s3)C2C1. The van der Waals surface area contributed by atoms with Gasteiger partial charge in [-0.05, 0) is 37.6 Å². The molecule has 3 rings (SSSR count). The van der Waals surface area contributed by atoms with E-state index in [9.17, 15) is 15.8 Å². The molecule has 0 fully saturated rings. The van der Waals surface area contributed by atoms with Crippen molar-refractivity contribution in [2.75, 3.05) is 19.6 Å². The van der Waals surface area contributed by atoms with Gasteiger partial charge in [0.1, 0.15) is 6.07 Å². The number of hydrogen-bond acceptors (Lipinski definition) is 6. The van der Waals surface area contributed by atoms with Crippen LogP contribution in [0.3, 0.4) is 0 Å². The van der Waals surface area contributed by atoms with Crippen LogP contribution in [-0.4, -0.2) is 24.5 Å². The van der Waals surface area contributed by atoms with Crippen LogP contribution in [-0.2, 0) is 0 Å². The first kappa shape index (κ1) is 18.2. The smallest absolute Gasteiger partial charge is 0.192 e. The molecule has 132 valence electrons. The van der Waals surface area contributed by atoms with Gasteiger partial charge in [-0.2, -0.15) is 15.8 Å². The molecule has 0 bridgehead atoms. The molecule has 1 aromatic rings. The average molecular weight is 363 g/mol. The highest BCUT2D eigenvalue weighted by Crippen LogP contribution is 2.55. The van der Waals surface area contributed by atoms with Crippen LogP contribution in [0.25, 0.3) is 0 Å². The Balaban J connectivity index is 2.25. The minimum atomic E-state index is -1.51. The van der Waals surface area contributed by atoms with Crippen LogP contribution in [0, 0.1) is 52.2 Å². The summed E-state index contributed by atoms with van der Waals surface area (Å²) in [6.07, 6.45) is 3.09. The summed E-state index contributed by atoms with van der Waals surface area (Å²) >= 11 is 1.60. The van der Waals surface area contributed by atoms with Gasteiger partial charge >= 0.3 is 0 Å². The van der Waals surface area contributed by atoms with E-state index in [2.05, 4.69) is 36.1 Å². The van der Waals surface area contributed by atoms with Gasteiger partial charge < -0.3 is 5.73 Å². The minimum absolute atomic E-state index is 0.0883. The van der Waals surface area contributed by atoms with Gasteiger partial charge in [-0.3, -0.25) is 4.90 Å². The summed E-state index contributed by atoms with van der Waals surface area (Å²) < 4.78 is 0. The van der Waals surface area contributed by atoms with E-state index in [0.717, 1.165) is 41.4 Å². The van der Waals surface area contributed by atoms with Gasteiger partial charge in [0, 0.05) is 34.7 Å². The number of fused-ring (bicyclic) bond motifs is 1. The number of thiophene rings is 1. The Bertz CT molecular complexity index is 888. The topological polar surface area (TPSA) is 101 Å². The molecule has 2 atom stereocenters. The largest absolute Gasteiger partial charge is 0.399 e. The number of nitrogens with zero attached hydrogens (tertiary/aromatic N) is 4. The molecule has 26 heavy (non-hydrogen) atoms. The van der Waals surface area contributed by atoms with Crippen LogP contribution >= 0.6 is 11.3 Å². The number of allylic oxidation sites excluding steroid dienone is 2. The van der Waals surface area contributed by atoms with E-state index < -0.39 is 5.41 Å². The summed E-state index contributed by atoms with van der Waals surface area (Å²) in [5.41, 5.74) is 6.09. The van der Waals surface area contributed by atoms with Crippen molar-refractivity contribution in [2.45, 2.75) is 26.2 Å². The molecule has 2 aliphatic rings. The van der Waals surface area contributed by atoms with Crippen molar-refractivity contribution >= 4 is 11.3 Å². The van der Waals surface area contributed by atoms with E-state index in [-0.39, 0.29) is 17.5 Å². The lowest BCUT2D eigenvalue weighted by atomic mass is 9.59. The molecule has 0 spiro atoms. The highest BCUT2D eigenvalue weighted by atomic mass is 32.1. The normalized spacial score (nSPS) is 24.8. The predicted molar refractivity (Wildman–Crippen MR) is 101 cm³/mol. The Morgan fingerprint density at radius 3 is 2.58 bits per heavy atom. The van der Waals surface area contributed by atoms with E-state index in [1.54, 1.807) is 11.3 Å². The first-order valence-electron chi connectivity index (χ1n) is 8.74. The second kappa shape index (κ2) is 6.96. The summed E-state index contributed by atoms with van der Waals surface area (Å²) in [5, 5.41) is 29.7. The van der Waals surface area contributed by atoms with Crippen LogP contribution in [0.4, 0.5) is 0 Å². The minimum Gasteiger partial charge on any atom is -0.399 e. The quantitative estimate of drug-likeness (QED) is 0.889. The standard InChI is InChI=1S/C20H21N5S/c1-3-7-25-8-6-14-15(9-21)19(24)20(11-22,12-23)18(16(14)10-25)17-5-4-13(2)26-17/h4-6,16,18H,3,7-8,10,24H2,1-2H3. The zero-order chi connectivity index (χ0) is 18.9. The molecule has 2 heterocycles. The van der Waals surface area contributed by atoms with Crippen LogP contribution in [0.1, 0.15) is 29.0 Å². The third-order valence-corrected chi connectivity index (χ3v) is 6.43. The Morgan fingerprint density at radius 2 is 2.04 bits per heavy atom.